The van der Waals surface area contributed by atoms with Gasteiger partial charge in [-0.25, -0.2) is 0 Å². The van der Waals surface area contributed by atoms with Gasteiger partial charge in [-0.05, 0) is 18.6 Å². The van der Waals surface area contributed by atoms with Gasteiger partial charge in [-0.1, -0.05) is 18.5 Å². The second-order valence-corrected chi connectivity index (χ2v) is 3.41. The van der Waals surface area contributed by atoms with E-state index in [0.717, 1.165) is 0 Å². The molecule has 0 aliphatic rings. The lowest BCUT2D eigenvalue weighted by Crippen LogP contribution is -2.10. The summed E-state index contributed by atoms with van der Waals surface area (Å²) in [6.45, 7) is 1.88. The molecule has 0 aliphatic heterocycles. The molecule has 0 radical (unpaired) electrons. The van der Waals surface area contributed by atoms with E-state index in [1.165, 1.54) is 6.07 Å². The quantitative estimate of drug-likeness (QED) is 0.621. The summed E-state index contributed by atoms with van der Waals surface area (Å²) in [5, 5.41) is 11.0. The van der Waals surface area contributed by atoms with Crippen LogP contribution in [-0.4, -0.2) is 4.92 Å². The molecule has 0 saturated heterocycles. The molecule has 0 spiro atoms. The highest BCUT2D eigenvalue weighted by Gasteiger charge is 2.18. The number of hydrogen-bond acceptors (Lipinski definition) is 3. The maximum atomic E-state index is 10.7. The Morgan fingerprint density at radius 1 is 1.64 bits per heavy atom. The van der Waals surface area contributed by atoms with Gasteiger partial charge in [0.1, 0.15) is 0 Å². The Morgan fingerprint density at radius 2 is 2.29 bits per heavy atom. The predicted octanol–water partition coefficient (Wildman–Crippen LogP) is 2.66. The topological polar surface area (TPSA) is 69.2 Å². The van der Waals surface area contributed by atoms with Crippen molar-refractivity contribution in [2.75, 3.05) is 0 Å². The molecule has 1 aromatic carbocycles. The molecule has 1 atom stereocenters. The van der Waals surface area contributed by atoms with E-state index in [9.17, 15) is 10.1 Å². The molecule has 0 heterocycles. The van der Waals surface area contributed by atoms with Gasteiger partial charge < -0.3 is 5.73 Å². The number of hydrogen-bond donors (Lipinski definition) is 1. The summed E-state index contributed by atoms with van der Waals surface area (Å²) in [6.07, 6.45) is 0.655. The Kier molecular flexibility index (Phi) is 3.43. The molecule has 1 rings (SSSR count). The zero-order chi connectivity index (χ0) is 10.7. The Bertz CT molecular complexity index is 355. The van der Waals surface area contributed by atoms with Crippen LogP contribution >= 0.6 is 11.6 Å². The third-order valence-electron chi connectivity index (χ3n) is 2.03. The van der Waals surface area contributed by atoms with Crippen LogP contribution in [0.15, 0.2) is 18.2 Å². The van der Waals surface area contributed by atoms with E-state index in [1.54, 1.807) is 12.1 Å². The Balaban J connectivity index is 3.21. The average molecular weight is 215 g/mol. The third kappa shape index (κ3) is 2.21. The summed E-state index contributed by atoms with van der Waals surface area (Å²) in [5.74, 6) is 0. The molecule has 76 valence electrons. The zero-order valence-corrected chi connectivity index (χ0v) is 8.49. The maximum absolute atomic E-state index is 10.7. The lowest BCUT2D eigenvalue weighted by Gasteiger charge is -2.09. The molecular weight excluding hydrogens is 204 g/mol. The summed E-state index contributed by atoms with van der Waals surface area (Å²) >= 11 is 5.66. The van der Waals surface area contributed by atoms with Gasteiger partial charge in [0.25, 0.3) is 5.69 Å². The van der Waals surface area contributed by atoms with Crippen LogP contribution in [0.2, 0.25) is 5.02 Å². The van der Waals surface area contributed by atoms with Crippen molar-refractivity contribution >= 4 is 17.3 Å². The lowest BCUT2D eigenvalue weighted by atomic mass is 10.0. The van der Waals surface area contributed by atoms with E-state index in [2.05, 4.69) is 0 Å². The van der Waals surface area contributed by atoms with Gasteiger partial charge in [0.05, 0.1) is 4.92 Å². The van der Waals surface area contributed by atoms with E-state index in [4.69, 9.17) is 17.3 Å². The molecule has 5 heteroatoms. The summed E-state index contributed by atoms with van der Waals surface area (Å²) in [4.78, 5) is 10.2. The van der Waals surface area contributed by atoms with E-state index < -0.39 is 4.92 Å². The largest absolute Gasteiger partial charge is 0.324 e. The number of nitro groups is 1. The normalized spacial score (nSPS) is 12.5. The molecule has 4 nitrogen and oxygen atoms in total. The summed E-state index contributed by atoms with van der Waals surface area (Å²) in [5.41, 5.74) is 6.26. The minimum Gasteiger partial charge on any atom is -0.324 e. The van der Waals surface area contributed by atoms with Crippen LogP contribution in [0, 0.1) is 10.1 Å². The number of benzene rings is 1. The second kappa shape index (κ2) is 4.39. The van der Waals surface area contributed by atoms with Crippen LogP contribution in [0.5, 0.6) is 0 Å². The first-order chi connectivity index (χ1) is 6.56. The number of halogens is 1. The fraction of sp³-hybridized carbons (Fsp3) is 0.333. The van der Waals surface area contributed by atoms with Crippen LogP contribution in [0.3, 0.4) is 0 Å². The van der Waals surface area contributed by atoms with Gasteiger partial charge in [-0.3, -0.25) is 10.1 Å². The van der Waals surface area contributed by atoms with Crippen LogP contribution in [0.25, 0.3) is 0 Å². The minimum atomic E-state index is -0.462. The van der Waals surface area contributed by atoms with Crippen molar-refractivity contribution in [3.63, 3.8) is 0 Å². The van der Waals surface area contributed by atoms with Crippen molar-refractivity contribution in [1.29, 1.82) is 0 Å². The molecule has 1 aromatic rings. The van der Waals surface area contributed by atoms with Crippen LogP contribution < -0.4 is 5.73 Å². The van der Waals surface area contributed by atoms with Crippen molar-refractivity contribution < 1.29 is 4.92 Å². The first-order valence-electron chi connectivity index (χ1n) is 4.25. The fourth-order valence-electron chi connectivity index (χ4n) is 1.21. The molecule has 0 aliphatic carbocycles. The molecule has 2 N–H and O–H groups in total. The second-order valence-electron chi connectivity index (χ2n) is 2.97. The van der Waals surface area contributed by atoms with Crippen molar-refractivity contribution in [2.45, 2.75) is 19.4 Å². The standard InChI is InChI=1S/C9H11ClN2O2/c1-2-8(11)7-4-3-6(10)5-9(7)12(13)14/h3-5,8H,2,11H2,1H3. The Morgan fingerprint density at radius 3 is 2.79 bits per heavy atom. The maximum Gasteiger partial charge on any atom is 0.275 e. The molecule has 0 saturated carbocycles. The van der Waals surface area contributed by atoms with Crippen molar-refractivity contribution in [2.24, 2.45) is 5.73 Å². The number of nitrogens with zero attached hydrogens (tertiary/aromatic N) is 1. The first-order valence-corrected chi connectivity index (χ1v) is 4.63. The molecule has 14 heavy (non-hydrogen) atoms. The number of rotatable bonds is 3. The molecule has 1 unspecified atom stereocenters. The summed E-state index contributed by atoms with van der Waals surface area (Å²) < 4.78 is 0. The zero-order valence-electron chi connectivity index (χ0n) is 7.74. The highest BCUT2D eigenvalue weighted by molar-refractivity contribution is 6.30. The molecule has 0 fully saturated rings. The third-order valence-corrected chi connectivity index (χ3v) is 2.26. The molecule has 0 amide bonds. The lowest BCUT2D eigenvalue weighted by molar-refractivity contribution is -0.385. The van der Waals surface area contributed by atoms with Crippen molar-refractivity contribution in [1.82, 2.24) is 0 Å². The van der Waals surface area contributed by atoms with Crippen LogP contribution in [-0.2, 0) is 0 Å². The Hall–Kier alpha value is -1.13. The van der Waals surface area contributed by atoms with E-state index in [-0.39, 0.29) is 11.7 Å². The minimum absolute atomic E-state index is 0.00755. The summed E-state index contributed by atoms with van der Waals surface area (Å²) in [6, 6.07) is 4.23. The van der Waals surface area contributed by atoms with Gasteiger partial charge >= 0.3 is 0 Å². The first kappa shape index (κ1) is 10.9. The van der Waals surface area contributed by atoms with Crippen LogP contribution in [0.4, 0.5) is 5.69 Å². The van der Waals surface area contributed by atoms with Gasteiger partial charge in [0.15, 0.2) is 0 Å². The van der Waals surface area contributed by atoms with Gasteiger partial charge in [-0.15, -0.1) is 0 Å². The number of nitro benzene ring substituents is 1. The van der Waals surface area contributed by atoms with E-state index in [1.807, 2.05) is 6.92 Å². The highest BCUT2D eigenvalue weighted by atomic mass is 35.5. The molecule has 0 bridgehead atoms. The SMILES string of the molecule is CCC(N)c1ccc(Cl)cc1[N+](=O)[O-]. The smallest absolute Gasteiger partial charge is 0.275 e. The van der Waals surface area contributed by atoms with Gasteiger partial charge in [0.2, 0.25) is 0 Å². The molecule has 0 aromatic heterocycles. The average Bonchev–Trinajstić information content (AvgIpc) is 2.16. The Labute approximate surface area is 86.8 Å². The van der Waals surface area contributed by atoms with E-state index >= 15 is 0 Å². The monoisotopic (exact) mass is 214 g/mol. The predicted molar refractivity (Wildman–Crippen MR) is 55.3 cm³/mol. The summed E-state index contributed by atoms with van der Waals surface area (Å²) in [7, 11) is 0. The van der Waals surface area contributed by atoms with Gasteiger partial charge in [-0.2, -0.15) is 0 Å². The fourth-order valence-corrected chi connectivity index (χ4v) is 1.37. The van der Waals surface area contributed by atoms with Gasteiger partial charge in [0, 0.05) is 22.7 Å². The van der Waals surface area contributed by atoms with Crippen LogP contribution in [0.1, 0.15) is 24.9 Å². The van der Waals surface area contributed by atoms with E-state index in [0.29, 0.717) is 17.0 Å². The number of nitrogens with two attached hydrogens (primary N) is 1. The highest BCUT2D eigenvalue weighted by Crippen LogP contribution is 2.28. The molecular formula is C9H11ClN2O2. The van der Waals surface area contributed by atoms with Crippen molar-refractivity contribution in [3.8, 4) is 0 Å². The van der Waals surface area contributed by atoms with Crippen molar-refractivity contribution in [3.05, 3.63) is 38.9 Å².